The number of carbonyl (C=O) groups is 1. The van der Waals surface area contributed by atoms with E-state index < -0.39 is 0 Å². The molecule has 2 aromatic heterocycles. The smallest absolute Gasteiger partial charge is 0.235 e. The summed E-state index contributed by atoms with van der Waals surface area (Å²) in [6, 6.07) is 9.82. The van der Waals surface area contributed by atoms with E-state index in [0.717, 1.165) is 20.3 Å². The molecule has 5 nitrogen and oxygen atoms in total. The van der Waals surface area contributed by atoms with Crippen LogP contribution >= 0.6 is 23.1 Å². The highest BCUT2D eigenvalue weighted by Crippen LogP contribution is 2.29. The van der Waals surface area contributed by atoms with E-state index in [0.29, 0.717) is 11.6 Å². The van der Waals surface area contributed by atoms with Gasteiger partial charge in [0.2, 0.25) is 5.91 Å². The number of hydrogen-bond donors (Lipinski definition) is 1. The van der Waals surface area contributed by atoms with Crippen LogP contribution in [0, 0.1) is 6.92 Å². The van der Waals surface area contributed by atoms with Gasteiger partial charge in [-0.15, -0.1) is 11.3 Å². The van der Waals surface area contributed by atoms with Gasteiger partial charge in [-0.1, -0.05) is 23.9 Å². The molecular weight excluding hydrogens is 304 g/mol. The van der Waals surface area contributed by atoms with Crippen LogP contribution in [0.4, 0.5) is 5.82 Å². The first-order chi connectivity index (χ1) is 10.1. The molecule has 0 bridgehead atoms. The highest BCUT2D eigenvalue weighted by atomic mass is 32.2. The molecule has 0 atom stereocenters. The number of carbonyl (C=O) groups excluding carboxylic acids is 1. The highest BCUT2D eigenvalue weighted by Gasteiger charge is 2.10. The molecule has 0 saturated heterocycles. The monoisotopic (exact) mass is 318 g/mol. The third kappa shape index (κ3) is 3.25. The maximum absolute atomic E-state index is 12.0. The van der Waals surface area contributed by atoms with Crippen molar-refractivity contribution in [3.63, 3.8) is 0 Å². The van der Waals surface area contributed by atoms with Gasteiger partial charge in [-0.25, -0.2) is 4.98 Å². The molecule has 3 rings (SSSR count). The normalized spacial score (nSPS) is 11.0. The van der Waals surface area contributed by atoms with Gasteiger partial charge < -0.3 is 5.32 Å². The summed E-state index contributed by atoms with van der Waals surface area (Å²) in [5, 5.41) is 7.05. The van der Waals surface area contributed by atoms with Gasteiger partial charge in [0.1, 0.15) is 5.82 Å². The summed E-state index contributed by atoms with van der Waals surface area (Å²) in [6.45, 7) is 1.89. The molecule has 2 heterocycles. The van der Waals surface area contributed by atoms with Crippen LogP contribution < -0.4 is 5.32 Å². The fraction of sp³-hybridized carbons (Fsp3) is 0.214. The van der Waals surface area contributed by atoms with Crippen LogP contribution in [0.15, 0.2) is 34.7 Å². The number of benzene rings is 1. The summed E-state index contributed by atoms with van der Waals surface area (Å²) in [7, 11) is 1.81. The Hall–Kier alpha value is -1.86. The standard InChI is InChI=1S/C14H14N4OS2/c1-9-7-12(18(2)17-9)16-13(19)8-20-14-15-10-5-3-4-6-11(10)21-14/h3-7H,8H2,1-2H3,(H,16,19). The molecule has 0 aliphatic rings. The van der Waals surface area contributed by atoms with Crippen molar-refractivity contribution in [1.82, 2.24) is 14.8 Å². The maximum Gasteiger partial charge on any atom is 0.235 e. The van der Waals surface area contributed by atoms with E-state index in [2.05, 4.69) is 15.4 Å². The lowest BCUT2D eigenvalue weighted by Gasteiger charge is -2.03. The molecule has 0 unspecified atom stereocenters. The van der Waals surface area contributed by atoms with E-state index >= 15 is 0 Å². The third-order valence-corrected chi connectivity index (χ3v) is 5.05. The van der Waals surface area contributed by atoms with Crippen molar-refractivity contribution in [2.75, 3.05) is 11.1 Å². The van der Waals surface area contributed by atoms with Gasteiger partial charge >= 0.3 is 0 Å². The topological polar surface area (TPSA) is 59.8 Å². The summed E-state index contributed by atoms with van der Waals surface area (Å²) in [5.41, 5.74) is 1.86. The van der Waals surface area contributed by atoms with Crippen molar-refractivity contribution in [3.8, 4) is 0 Å². The largest absolute Gasteiger partial charge is 0.310 e. The minimum Gasteiger partial charge on any atom is -0.310 e. The average Bonchev–Trinajstić information content (AvgIpc) is 2.99. The first-order valence-corrected chi connectivity index (χ1v) is 8.21. The van der Waals surface area contributed by atoms with Crippen LogP contribution in [0.1, 0.15) is 5.69 Å². The number of hydrogen-bond acceptors (Lipinski definition) is 5. The van der Waals surface area contributed by atoms with Gasteiger partial charge in [-0.3, -0.25) is 9.48 Å². The second kappa shape index (κ2) is 5.87. The lowest BCUT2D eigenvalue weighted by atomic mass is 10.3. The van der Waals surface area contributed by atoms with Crippen molar-refractivity contribution in [2.24, 2.45) is 7.05 Å². The Morgan fingerprint density at radius 2 is 2.24 bits per heavy atom. The maximum atomic E-state index is 12.0. The second-order valence-corrected chi connectivity index (χ2v) is 6.83. The Bertz CT molecular complexity index is 760. The molecule has 1 N–H and O–H groups in total. The lowest BCUT2D eigenvalue weighted by molar-refractivity contribution is -0.113. The van der Waals surface area contributed by atoms with E-state index in [-0.39, 0.29) is 5.91 Å². The predicted octanol–water partition coefficient (Wildman–Crippen LogP) is 3.07. The summed E-state index contributed by atoms with van der Waals surface area (Å²) in [5.74, 6) is 0.994. The van der Waals surface area contributed by atoms with Crippen molar-refractivity contribution in [3.05, 3.63) is 36.0 Å². The van der Waals surface area contributed by atoms with Gasteiger partial charge in [0.25, 0.3) is 0 Å². The molecule has 0 saturated carbocycles. The molecule has 0 aliphatic heterocycles. The number of thioether (sulfide) groups is 1. The van der Waals surface area contributed by atoms with Gasteiger partial charge in [-0.2, -0.15) is 5.10 Å². The molecule has 21 heavy (non-hydrogen) atoms. The molecule has 0 aliphatic carbocycles. The van der Waals surface area contributed by atoms with Gasteiger partial charge in [0.05, 0.1) is 21.7 Å². The van der Waals surface area contributed by atoms with Crippen molar-refractivity contribution in [2.45, 2.75) is 11.3 Å². The molecular formula is C14H14N4OS2. The van der Waals surface area contributed by atoms with Gasteiger partial charge in [0, 0.05) is 13.1 Å². The van der Waals surface area contributed by atoms with Crippen LogP contribution in [0.3, 0.4) is 0 Å². The summed E-state index contributed by atoms with van der Waals surface area (Å²) in [6.07, 6.45) is 0. The predicted molar refractivity (Wildman–Crippen MR) is 86.9 cm³/mol. The zero-order valence-electron chi connectivity index (χ0n) is 11.7. The zero-order valence-corrected chi connectivity index (χ0v) is 13.3. The van der Waals surface area contributed by atoms with Crippen LogP contribution in [0.5, 0.6) is 0 Å². The van der Waals surface area contributed by atoms with Crippen LogP contribution in [0.2, 0.25) is 0 Å². The van der Waals surface area contributed by atoms with Gasteiger partial charge in [0.15, 0.2) is 4.34 Å². The molecule has 0 radical (unpaired) electrons. The lowest BCUT2D eigenvalue weighted by Crippen LogP contribution is -2.16. The van der Waals surface area contributed by atoms with E-state index in [4.69, 9.17) is 0 Å². The number of rotatable bonds is 4. The molecule has 1 amide bonds. The Kier molecular flexibility index (Phi) is 3.94. The molecule has 7 heteroatoms. The van der Waals surface area contributed by atoms with Gasteiger partial charge in [-0.05, 0) is 19.1 Å². The first-order valence-electron chi connectivity index (χ1n) is 6.41. The van der Waals surface area contributed by atoms with E-state index in [1.165, 1.54) is 11.8 Å². The Morgan fingerprint density at radius 3 is 2.95 bits per heavy atom. The molecule has 0 fully saturated rings. The third-order valence-electron chi connectivity index (χ3n) is 2.87. The number of aryl methyl sites for hydroxylation is 2. The minimum absolute atomic E-state index is 0.0535. The summed E-state index contributed by atoms with van der Waals surface area (Å²) in [4.78, 5) is 16.5. The fourth-order valence-electron chi connectivity index (χ4n) is 1.95. The summed E-state index contributed by atoms with van der Waals surface area (Å²) >= 11 is 3.06. The highest BCUT2D eigenvalue weighted by molar-refractivity contribution is 8.01. The van der Waals surface area contributed by atoms with Crippen LogP contribution in [-0.2, 0) is 11.8 Å². The number of fused-ring (bicyclic) bond motifs is 1. The van der Waals surface area contributed by atoms with E-state index in [1.807, 2.05) is 44.3 Å². The number of nitrogens with one attached hydrogen (secondary N) is 1. The zero-order chi connectivity index (χ0) is 14.8. The number of thiazole rings is 1. The van der Waals surface area contributed by atoms with Crippen molar-refractivity contribution in [1.29, 1.82) is 0 Å². The molecule has 1 aromatic carbocycles. The average molecular weight is 318 g/mol. The number of anilines is 1. The second-order valence-electron chi connectivity index (χ2n) is 4.58. The summed E-state index contributed by atoms with van der Waals surface area (Å²) < 4.78 is 3.71. The SMILES string of the molecule is Cc1cc(NC(=O)CSc2nc3ccccc3s2)n(C)n1. The van der Waals surface area contributed by atoms with E-state index in [9.17, 15) is 4.79 Å². The Balaban J connectivity index is 1.61. The van der Waals surface area contributed by atoms with E-state index in [1.54, 1.807) is 16.0 Å². The quantitative estimate of drug-likeness (QED) is 0.751. The first kappa shape index (κ1) is 14.1. The number of amides is 1. The molecule has 0 spiro atoms. The van der Waals surface area contributed by atoms with Crippen LogP contribution in [0.25, 0.3) is 10.2 Å². The fourth-order valence-corrected chi connectivity index (χ4v) is 3.82. The van der Waals surface area contributed by atoms with Crippen LogP contribution in [-0.4, -0.2) is 26.4 Å². The van der Waals surface area contributed by atoms with Crippen molar-refractivity contribution < 1.29 is 4.79 Å². The minimum atomic E-state index is -0.0535. The number of aromatic nitrogens is 3. The number of nitrogens with zero attached hydrogens (tertiary/aromatic N) is 3. The Morgan fingerprint density at radius 1 is 1.43 bits per heavy atom. The Labute approximate surface area is 130 Å². The number of para-hydroxylation sites is 1. The molecule has 3 aromatic rings. The van der Waals surface area contributed by atoms with Crippen molar-refractivity contribution >= 4 is 45.0 Å². The molecule has 108 valence electrons.